The summed E-state index contributed by atoms with van der Waals surface area (Å²) in [6.07, 6.45) is 0.953. The van der Waals surface area contributed by atoms with Crippen molar-refractivity contribution < 1.29 is 9.53 Å². The van der Waals surface area contributed by atoms with Gasteiger partial charge in [-0.25, -0.2) is 5.43 Å². The molecule has 4 nitrogen and oxygen atoms in total. The quantitative estimate of drug-likeness (QED) is 0.679. The lowest BCUT2D eigenvalue weighted by molar-refractivity contribution is 0.0955. The number of rotatable bonds is 5. The van der Waals surface area contributed by atoms with Crippen LogP contribution in [0.5, 0.6) is 5.75 Å². The third-order valence-corrected chi connectivity index (χ3v) is 3.44. The molecule has 0 bridgehead atoms. The predicted molar refractivity (Wildman–Crippen MR) is 88.5 cm³/mol. The Balaban J connectivity index is 2.07. The van der Waals surface area contributed by atoms with Crippen molar-refractivity contribution >= 4 is 11.6 Å². The highest BCUT2D eigenvalue weighted by Crippen LogP contribution is 2.13. The molecule has 0 fully saturated rings. The van der Waals surface area contributed by atoms with E-state index in [-0.39, 0.29) is 5.91 Å². The fourth-order valence-corrected chi connectivity index (χ4v) is 2.00. The molecule has 2 rings (SSSR count). The fourth-order valence-electron chi connectivity index (χ4n) is 2.00. The van der Waals surface area contributed by atoms with Gasteiger partial charge in [-0.05, 0) is 43.2 Å². The van der Waals surface area contributed by atoms with Crippen LogP contribution in [0, 0.1) is 0 Å². The van der Waals surface area contributed by atoms with Crippen LogP contribution in [0.2, 0.25) is 0 Å². The highest BCUT2D eigenvalue weighted by Gasteiger charge is 2.05. The van der Waals surface area contributed by atoms with Crippen molar-refractivity contribution in [2.45, 2.75) is 20.3 Å². The number of methoxy groups -OCH3 is 1. The van der Waals surface area contributed by atoms with Crippen molar-refractivity contribution in [2.24, 2.45) is 5.10 Å². The minimum absolute atomic E-state index is 0.218. The average molecular weight is 296 g/mol. The molecule has 0 saturated carbocycles. The van der Waals surface area contributed by atoms with Crippen LogP contribution in [-0.2, 0) is 6.42 Å². The highest BCUT2D eigenvalue weighted by molar-refractivity contribution is 6.01. The van der Waals surface area contributed by atoms with E-state index in [0.29, 0.717) is 5.56 Å². The summed E-state index contributed by atoms with van der Waals surface area (Å²) >= 11 is 0. The van der Waals surface area contributed by atoms with Gasteiger partial charge in [0.05, 0.1) is 12.8 Å². The van der Waals surface area contributed by atoms with Crippen LogP contribution in [0.25, 0.3) is 0 Å². The van der Waals surface area contributed by atoms with Gasteiger partial charge in [0, 0.05) is 11.1 Å². The summed E-state index contributed by atoms with van der Waals surface area (Å²) in [5.41, 5.74) is 6.00. The molecular weight excluding hydrogens is 276 g/mol. The molecule has 0 aliphatic rings. The Kier molecular flexibility index (Phi) is 5.31. The van der Waals surface area contributed by atoms with Crippen molar-refractivity contribution in [3.63, 3.8) is 0 Å². The molecule has 1 amide bonds. The predicted octanol–water partition coefficient (Wildman–Crippen LogP) is 3.41. The van der Waals surface area contributed by atoms with E-state index in [2.05, 4.69) is 17.5 Å². The van der Waals surface area contributed by atoms with Gasteiger partial charge in [0.2, 0.25) is 0 Å². The summed E-state index contributed by atoms with van der Waals surface area (Å²) in [6, 6.07) is 15.1. The van der Waals surface area contributed by atoms with Gasteiger partial charge < -0.3 is 4.74 Å². The molecule has 0 aliphatic carbocycles. The lowest BCUT2D eigenvalue weighted by Crippen LogP contribution is -2.19. The van der Waals surface area contributed by atoms with Gasteiger partial charge in [0.25, 0.3) is 5.91 Å². The van der Waals surface area contributed by atoms with Crippen LogP contribution >= 0.6 is 0 Å². The zero-order valence-electron chi connectivity index (χ0n) is 13.1. The van der Waals surface area contributed by atoms with Crippen LogP contribution in [0.15, 0.2) is 53.6 Å². The van der Waals surface area contributed by atoms with E-state index < -0.39 is 0 Å². The standard InChI is InChI=1S/C18H20N2O2/c1-4-14-8-10-15(11-9-14)18(21)20-19-13(2)16-6-5-7-17(12-16)22-3/h5-12H,4H2,1-3H3,(H,20,21)/b19-13-. The number of aryl methyl sites for hydroxylation is 1. The van der Waals surface area contributed by atoms with Crippen LogP contribution in [0.1, 0.15) is 35.3 Å². The number of amides is 1. The number of hydrazone groups is 1. The normalized spacial score (nSPS) is 11.1. The first-order chi connectivity index (χ1) is 10.6. The summed E-state index contributed by atoms with van der Waals surface area (Å²) in [4.78, 5) is 12.1. The molecule has 4 heteroatoms. The number of ether oxygens (including phenoxy) is 1. The number of hydrogen-bond acceptors (Lipinski definition) is 3. The molecule has 0 heterocycles. The van der Waals surface area contributed by atoms with E-state index in [9.17, 15) is 4.79 Å². The van der Waals surface area contributed by atoms with Crippen LogP contribution in [-0.4, -0.2) is 18.7 Å². The molecule has 0 spiro atoms. The Morgan fingerprint density at radius 1 is 1.14 bits per heavy atom. The van der Waals surface area contributed by atoms with Gasteiger partial charge >= 0.3 is 0 Å². The molecule has 0 aliphatic heterocycles. The summed E-state index contributed by atoms with van der Waals surface area (Å²) in [6.45, 7) is 3.92. The van der Waals surface area contributed by atoms with Gasteiger partial charge in [0.1, 0.15) is 5.75 Å². The number of benzene rings is 2. The Hall–Kier alpha value is -2.62. The van der Waals surface area contributed by atoms with E-state index in [1.165, 1.54) is 5.56 Å². The summed E-state index contributed by atoms with van der Waals surface area (Å²) in [7, 11) is 1.62. The smallest absolute Gasteiger partial charge is 0.271 e. The molecule has 0 radical (unpaired) electrons. The molecular formula is C18H20N2O2. The minimum Gasteiger partial charge on any atom is -0.497 e. The van der Waals surface area contributed by atoms with Crippen molar-refractivity contribution in [2.75, 3.05) is 7.11 Å². The van der Waals surface area contributed by atoms with Gasteiger partial charge in [-0.2, -0.15) is 5.10 Å². The van der Waals surface area contributed by atoms with E-state index in [1.807, 2.05) is 55.5 Å². The molecule has 114 valence electrons. The summed E-state index contributed by atoms with van der Waals surface area (Å²) in [5.74, 6) is 0.540. The fraction of sp³-hybridized carbons (Fsp3) is 0.222. The van der Waals surface area contributed by atoms with Gasteiger partial charge in [-0.3, -0.25) is 4.79 Å². The van der Waals surface area contributed by atoms with Crippen molar-refractivity contribution in [3.8, 4) is 5.75 Å². The van der Waals surface area contributed by atoms with Crippen molar-refractivity contribution in [3.05, 3.63) is 65.2 Å². The number of carbonyl (C=O) groups excluding carboxylic acids is 1. The zero-order valence-corrected chi connectivity index (χ0v) is 13.1. The first-order valence-corrected chi connectivity index (χ1v) is 7.22. The Labute approximate surface area is 130 Å². The van der Waals surface area contributed by atoms with Crippen LogP contribution in [0.4, 0.5) is 0 Å². The lowest BCUT2D eigenvalue weighted by Gasteiger charge is -2.05. The second-order valence-corrected chi connectivity index (χ2v) is 4.92. The average Bonchev–Trinajstić information content (AvgIpc) is 2.59. The maximum atomic E-state index is 12.1. The van der Waals surface area contributed by atoms with Gasteiger partial charge in [-0.15, -0.1) is 0 Å². The largest absolute Gasteiger partial charge is 0.497 e. The number of hydrogen-bond donors (Lipinski definition) is 1. The molecule has 22 heavy (non-hydrogen) atoms. The van der Waals surface area contributed by atoms with Gasteiger partial charge in [-0.1, -0.05) is 31.2 Å². The Morgan fingerprint density at radius 2 is 1.86 bits per heavy atom. The molecule has 0 atom stereocenters. The minimum atomic E-state index is -0.218. The summed E-state index contributed by atoms with van der Waals surface area (Å²) in [5, 5.41) is 4.15. The molecule has 2 aromatic carbocycles. The van der Waals surface area contributed by atoms with Crippen molar-refractivity contribution in [1.29, 1.82) is 0 Å². The Bertz CT molecular complexity index is 676. The first kappa shape index (κ1) is 15.8. The second kappa shape index (κ2) is 7.41. The van der Waals surface area contributed by atoms with Crippen molar-refractivity contribution in [1.82, 2.24) is 5.43 Å². The zero-order chi connectivity index (χ0) is 15.9. The Morgan fingerprint density at radius 3 is 2.50 bits per heavy atom. The monoisotopic (exact) mass is 296 g/mol. The van der Waals surface area contributed by atoms with E-state index in [0.717, 1.165) is 23.4 Å². The van der Waals surface area contributed by atoms with Crippen LogP contribution in [0.3, 0.4) is 0 Å². The lowest BCUT2D eigenvalue weighted by atomic mass is 10.1. The van der Waals surface area contributed by atoms with E-state index >= 15 is 0 Å². The first-order valence-electron chi connectivity index (χ1n) is 7.22. The molecule has 2 aromatic rings. The molecule has 1 N–H and O–H groups in total. The van der Waals surface area contributed by atoms with Gasteiger partial charge in [0.15, 0.2) is 0 Å². The third kappa shape index (κ3) is 3.95. The summed E-state index contributed by atoms with van der Waals surface area (Å²) < 4.78 is 5.18. The highest BCUT2D eigenvalue weighted by atomic mass is 16.5. The van der Waals surface area contributed by atoms with Crippen LogP contribution < -0.4 is 10.2 Å². The van der Waals surface area contributed by atoms with E-state index in [4.69, 9.17) is 4.74 Å². The maximum absolute atomic E-state index is 12.1. The number of carbonyl (C=O) groups is 1. The third-order valence-electron chi connectivity index (χ3n) is 3.44. The number of nitrogens with zero attached hydrogens (tertiary/aromatic N) is 1. The number of nitrogens with one attached hydrogen (secondary N) is 1. The second-order valence-electron chi connectivity index (χ2n) is 4.92. The molecule has 0 saturated heterocycles. The molecule has 0 unspecified atom stereocenters. The molecule has 0 aromatic heterocycles. The maximum Gasteiger partial charge on any atom is 0.271 e. The topological polar surface area (TPSA) is 50.7 Å². The van der Waals surface area contributed by atoms with E-state index in [1.54, 1.807) is 7.11 Å². The SMILES string of the molecule is CCc1ccc(C(=O)N/N=C(/C)c2cccc(OC)c2)cc1.